The van der Waals surface area contributed by atoms with Crippen molar-refractivity contribution in [2.45, 2.75) is 85.5 Å². The van der Waals surface area contributed by atoms with Crippen LogP contribution < -0.4 is 15.4 Å². The van der Waals surface area contributed by atoms with Gasteiger partial charge in [-0.15, -0.1) is 0 Å². The van der Waals surface area contributed by atoms with Gasteiger partial charge in [-0.3, -0.25) is 0 Å². The van der Waals surface area contributed by atoms with Gasteiger partial charge in [-0.2, -0.15) is 0 Å². The van der Waals surface area contributed by atoms with Gasteiger partial charge < -0.3 is 66.1 Å². The molecule has 8 aromatic heterocycles. The van der Waals surface area contributed by atoms with E-state index in [1.54, 1.807) is 106 Å². The van der Waals surface area contributed by atoms with Crippen LogP contribution in [-0.4, -0.2) is 94.6 Å². The SMILES string of the molecule is O=C(NCc1ccc(Cn2ccnc2)cc1)NCc1ccc(Cn2ccnc2)cc1.O=C(OCc1ccc(Cn2ccnc2)cc1)OCc1ccc(Cn2ccnc2)cc1.O=C(OCc1ccc(Cn2ccnc2)cc1)c1ccc(Cn2ccnc2)cc1.c1cn(COc2ccc(Cn3ccnc3)cc2)cn1. The lowest BCUT2D eigenvalue weighted by atomic mass is 10.1. The molecular formula is C82H80N18O7. The molecule has 0 spiro atoms. The Morgan fingerprint density at radius 3 is 0.776 bits per heavy atom. The van der Waals surface area contributed by atoms with E-state index in [1.807, 2.05) is 214 Å². The van der Waals surface area contributed by atoms with Crippen LogP contribution in [-0.2, 0) is 99.7 Å². The number of amides is 2. The summed E-state index contributed by atoms with van der Waals surface area (Å²) in [6.45, 7) is 7.44. The maximum Gasteiger partial charge on any atom is 0.508 e. The number of imidazole rings is 8. The summed E-state index contributed by atoms with van der Waals surface area (Å²) < 4.78 is 37.4. The average Bonchev–Trinajstić information content (AvgIpc) is 1.48. The predicted octanol–water partition coefficient (Wildman–Crippen LogP) is 12.9. The number of aromatic nitrogens is 16. The number of nitrogens with one attached hydrogen (secondary N) is 2. The highest BCUT2D eigenvalue weighted by molar-refractivity contribution is 5.89. The molecule has 0 aliphatic rings. The highest BCUT2D eigenvalue weighted by atomic mass is 16.7. The number of urea groups is 1. The van der Waals surface area contributed by atoms with Crippen molar-refractivity contribution in [3.63, 3.8) is 0 Å². The first-order chi connectivity index (χ1) is 52.6. The van der Waals surface area contributed by atoms with Crippen molar-refractivity contribution in [3.8, 4) is 5.75 Å². The molecule has 0 unspecified atom stereocenters. The molecule has 15 aromatic rings. The highest BCUT2D eigenvalue weighted by Crippen LogP contribution is 2.17. The van der Waals surface area contributed by atoms with E-state index in [2.05, 4.69) is 86.9 Å². The first kappa shape index (κ1) is 72.8. The molecule has 7 aromatic carbocycles. The number of benzene rings is 7. The zero-order valence-electron chi connectivity index (χ0n) is 58.7. The van der Waals surface area contributed by atoms with E-state index in [0.717, 1.165) is 96.1 Å². The van der Waals surface area contributed by atoms with Gasteiger partial charge in [0.2, 0.25) is 0 Å². The Morgan fingerprint density at radius 1 is 0.271 bits per heavy atom. The number of hydrogen-bond acceptors (Lipinski definition) is 15. The van der Waals surface area contributed by atoms with Crippen molar-refractivity contribution in [1.82, 2.24) is 87.0 Å². The standard InChI is InChI=1S/C23H24N6O.C23H22N4O3.C22H20N4O2.C14H14N4O/c30-23(26-13-19-1-5-21(6-2-19)15-28-11-9-24-17-28)27-14-20-3-7-22(8-4-20)16-29-12-10-25-18-29;28-23(29-15-21-5-1-19(2-6-21)13-26-11-9-24-17-26)30-16-22-7-3-20(4-8-22)14-27-12-10-25-18-27;27-22(21-7-5-19(6-8-21)14-26-12-10-24-17-26)28-15-20-3-1-18(2-4-20)13-25-11-9-23-16-25;1-3-14(19-12-18-8-6-16-11-18)4-2-13(1)9-17-7-5-15-10-17/h1-12,17-18H,13-16H2,(H2,26,27,30);1-12,17-18H,13-16H2;1-12,16-17H,13-15H2;1-8,10-11H,9,12H2. The summed E-state index contributed by atoms with van der Waals surface area (Å²) in [4.78, 5) is 68.5. The molecule has 15 rings (SSSR count). The van der Waals surface area contributed by atoms with Gasteiger partial charge in [-0.25, -0.2) is 54.3 Å². The van der Waals surface area contributed by atoms with E-state index >= 15 is 0 Å². The monoisotopic (exact) mass is 1430 g/mol. The number of ether oxygens (including phenoxy) is 4. The van der Waals surface area contributed by atoms with Crippen LogP contribution in [0.1, 0.15) is 77.1 Å². The van der Waals surface area contributed by atoms with Crippen LogP contribution in [0.25, 0.3) is 0 Å². The Labute approximate surface area is 618 Å². The van der Waals surface area contributed by atoms with Gasteiger partial charge in [0.15, 0.2) is 6.73 Å². The van der Waals surface area contributed by atoms with Gasteiger partial charge in [-0.1, -0.05) is 146 Å². The minimum absolute atomic E-state index is 0.175. The van der Waals surface area contributed by atoms with Crippen LogP contribution in [0.5, 0.6) is 5.75 Å². The Kier molecular flexibility index (Phi) is 26.5. The van der Waals surface area contributed by atoms with Crippen molar-refractivity contribution in [2.24, 2.45) is 0 Å². The molecule has 0 aliphatic carbocycles. The number of esters is 1. The first-order valence-corrected chi connectivity index (χ1v) is 34.5. The minimum Gasteiger partial charge on any atom is -0.473 e. The summed E-state index contributed by atoms with van der Waals surface area (Å²) in [5.41, 5.74) is 13.6. The Morgan fingerprint density at radius 2 is 0.505 bits per heavy atom. The van der Waals surface area contributed by atoms with Crippen LogP contribution in [0.15, 0.2) is 320 Å². The maximum atomic E-state index is 12.3. The van der Waals surface area contributed by atoms with E-state index in [-0.39, 0.29) is 31.8 Å². The normalized spacial score (nSPS) is 10.7. The second kappa shape index (κ2) is 38.9. The maximum absolute atomic E-state index is 12.3. The lowest BCUT2D eigenvalue weighted by Gasteiger charge is -2.09. The van der Waals surface area contributed by atoms with E-state index < -0.39 is 6.16 Å². The van der Waals surface area contributed by atoms with E-state index in [0.29, 0.717) is 25.4 Å². The molecule has 2 amide bonds. The number of carbonyl (C=O) groups is 3. The second-order valence-electron chi connectivity index (χ2n) is 24.9. The van der Waals surface area contributed by atoms with Crippen LogP contribution >= 0.6 is 0 Å². The molecule has 0 saturated heterocycles. The third-order valence-corrected chi connectivity index (χ3v) is 16.6. The Hall–Kier alpha value is -14.0. The van der Waals surface area contributed by atoms with Crippen LogP contribution in [0.4, 0.5) is 9.59 Å². The fraction of sp³-hybridized carbons (Fsp3) is 0.159. The molecule has 0 atom stereocenters. The quantitative estimate of drug-likeness (QED) is 0.0432. The van der Waals surface area contributed by atoms with Crippen LogP contribution in [0.3, 0.4) is 0 Å². The molecule has 0 radical (unpaired) electrons. The van der Waals surface area contributed by atoms with Crippen LogP contribution in [0, 0.1) is 0 Å². The van der Waals surface area contributed by atoms with Gasteiger partial charge in [0.1, 0.15) is 25.6 Å². The second-order valence-corrected chi connectivity index (χ2v) is 24.9. The largest absolute Gasteiger partial charge is 0.508 e. The van der Waals surface area contributed by atoms with Crippen molar-refractivity contribution in [1.29, 1.82) is 0 Å². The van der Waals surface area contributed by atoms with Gasteiger partial charge >= 0.3 is 18.2 Å². The molecule has 8 heterocycles. The number of nitrogens with zero attached hydrogens (tertiary/aromatic N) is 16. The summed E-state index contributed by atoms with van der Waals surface area (Å²) in [6.07, 6.45) is 43.0. The lowest BCUT2D eigenvalue weighted by molar-refractivity contribution is 0.0444. The minimum atomic E-state index is -0.681. The third-order valence-electron chi connectivity index (χ3n) is 16.6. The summed E-state index contributed by atoms with van der Waals surface area (Å²) in [5.74, 6) is 0.528. The number of hydrogen-bond donors (Lipinski definition) is 2. The van der Waals surface area contributed by atoms with E-state index in [1.165, 1.54) is 22.3 Å². The summed E-state index contributed by atoms with van der Waals surface area (Å²) >= 11 is 0. The van der Waals surface area contributed by atoms with Crippen molar-refractivity contribution in [3.05, 3.63) is 392 Å². The smallest absolute Gasteiger partial charge is 0.473 e. The van der Waals surface area contributed by atoms with Crippen molar-refractivity contribution in [2.75, 3.05) is 0 Å². The van der Waals surface area contributed by atoms with E-state index in [9.17, 15) is 14.4 Å². The Bertz CT molecular complexity index is 4600. The number of carbonyl (C=O) groups excluding carboxylic acids is 3. The Balaban J connectivity index is 0.000000135. The molecule has 0 aliphatic heterocycles. The van der Waals surface area contributed by atoms with Gasteiger partial charge in [0.05, 0.1) is 56.2 Å². The summed E-state index contributed by atoms with van der Waals surface area (Å²) in [5, 5.41) is 5.80. The predicted molar refractivity (Wildman–Crippen MR) is 400 cm³/mol. The molecular weight excluding hydrogens is 1350 g/mol. The van der Waals surface area contributed by atoms with Gasteiger partial charge in [-0.05, 0) is 91.0 Å². The third kappa shape index (κ3) is 24.6. The van der Waals surface area contributed by atoms with Crippen molar-refractivity contribution >= 4 is 18.2 Å². The summed E-state index contributed by atoms with van der Waals surface area (Å²) in [7, 11) is 0. The lowest BCUT2D eigenvalue weighted by Crippen LogP contribution is -2.34. The van der Waals surface area contributed by atoms with Crippen molar-refractivity contribution < 1.29 is 33.3 Å². The molecule has 107 heavy (non-hydrogen) atoms. The fourth-order valence-electron chi connectivity index (χ4n) is 10.8. The molecule has 2 N–H and O–H groups in total. The van der Waals surface area contributed by atoms with Gasteiger partial charge in [0.25, 0.3) is 0 Å². The van der Waals surface area contributed by atoms with E-state index in [4.69, 9.17) is 18.9 Å². The first-order valence-electron chi connectivity index (χ1n) is 34.5. The molecule has 0 fully saturated rings. The number of rotatable bonds is 28. The summed E-state index contributed by atoms with van der Waals surface area (Å²) in [6, 6.07) is 55.6. The topological polar surface area (TPSA) is 255 Å². The van der Waals surface area contributed by atoms with Crippen LogP contribution in [0.2, 0.25) is 0 Å². The molecule has 0 saturated carbocycles. The molecule has 0 bridgehead atoms. The molecule has 540 valence electrons. The van der Waals surface area contributed by atoms with Gasteiger partial charge in [0, 0.05) is 158 Å². The fourth-order valence-corrected chi connectivity index (χ4v) is 10.8. The average molecular weight is 1430 g/mol. The molecule has 25 nitrogen and oxygen atoms in total. The molecule has 25 heteroatoms. The zero-order chi connectivity index (χ0) is 73.3. The zero-order valence-corrected chi connectivity index (χ0v) is 58.7. The highest BCUT2D eigenvalue weighted by Gasteiger charge is 2.11.